The number of likely N-dealkylation sites (tertiary alicyclic amines) is 1. The normalized spacial score (nSPS) is 13.9. The Labute approximate surface area is 233 Å². The number of halogens is 4. The number of pyridine rings is 2. The largest absolute Gasteiger partial charge is 0.495 e. The number of aryl methyl sites for hydroxylation is 1. The van der Waals surface area contributed by atoms with E-state index in [9.17, 15) is 18.0 Å². The molecular formula is C27H25ClF3N7O2. The molecule has 0 saturated carbocycles. The smallest absolute Gasteiger partial charge is 0.417 e. The van der Waals surface area contributed by atoms with Gasteiger partial charge in [-0.15, -0.1) is 5.10 Å². The maximum absolute atomic E-state index is 13.8. The molecule has 1 saturated heterocycles. The lowest BCUT2D eigenvalue weighted by atomic mass is 10.1. The summed E-state index contributed by atoms with van der Waals surface area (Å²) in [6, 6.07) is 5.64. The van der Waals surface area contributed by atoms with E-state index in [1.54, 1.807) is 37.6 Å². The highest BCUT2D eigenvalue weighted by atomic mass is 35.5. The molecule has 5 rings (SSSR count). The summed E-state index contributed by atoms with van der Waals surface area (Å²) >= 11 is 6.17. The molecule has 0 atom stereocenters. The van der Waals surface area contributed by atoms with E-state index in [-0.39, 0.29) is 22.8 Å². The molecule has 1 aliphatic rings. The van der Waals surface area contributed by atoms with Gasteiger partial charge in [-0.05, 0) is 62.7 Å². The van der Waals surface area contributed by atoms with Crippen LogP contribution in [0.15, 0.2) is 49.1 Å². The number of amides is 1. The number of alkyl halides is 3. The third-order valence-corrected chi connectivity index (χ3v) is 7.06. The Hall–Kier alpha value is -4.03. The van der Waals surface area contributed by atoms with Crippen LogP contribution in [-0.4, -0.2) is 56.0 Å². The molecule has 0 aliphatic carbocycles. The van der Waals surface area contributed by atoms with Gasteiger partial charge in [0.15, 0.2) is 0 Å². The van der Waals surface area contributed by atoms with Crippen LogP contribution in [0, 0.1) is 6.92 Å². The molecule has 0 unspecified atom stereocenters. The number of hydrogen-bond acceptors (Lipinski definition) is 7. The van der Waals surface area contributed by atoms with Gasteiger partial charge in [-0.1, -0.05) is 16.8 Å². The summed E-state index contributed by atoms with van der Waals surface area (Å²) in [5.74, 6) is -0.0725. The zero-order valence-electron chi connectivity index (χ0n) is 21.7. The lowest BCUT2D eigenvalue weighted by Gasteiger charge is -2.20. The number of hydrogen-bond donors (Lipinski definition) is 1. The van der Waals surface area contributed by atoms with Crippen molar-refractivity contribution in [1.29, 1.82) is 0 Å². The third kappa shape index (κ3) is 5.92. The molecule has 1 amide bonds. The maximum atomic E-state index is 13.8. The molecule has 9 nitrogen and oxygen atoms in total. The fraction of sp³-hybridized carbons (Fsp3) is 0.296. The zero-order chi connectivity index (χ0) is 28.4. The summed E-state index contributed by atoms with van der Waals surface area (Å²) < 4.78 is 48.0. The van der Waals surface area contributed by atoms with E-state index in [1.807, 2.05) is 4.90 Å². The van der Waals surface area contributed by atoms with Gasteiger partial charge in [0.05, 0.1) is 47.0 Å². The van der Waals surface area contributed by atoms with Crippen molar-refractivity contribution in [1.82, 2.24) is 29.9 Å². The SMILES string of the molecule is COc1cncc(-c2cn(-c3cc(C(=O)Nc4cc(CN5CCCC5)c(Cl)c(C(F)(F)F)c4)cnc3C)nn2)c1. The third-order valence-electron chi connectivity index (χ3n) is 6.61. The van der Waals surface area contributed by atoms with Gasteiger partial charge in [-0.3, -0.25) is 19.7 Å². The molecule has 13 heteroatoms. The minimum Gasteiger partial charge on any atom is -0.495 e. The predicted molar refractivity (Wildman–Crippen MR) is 143 cm³/mol. The highest BCUT2D eigenvalue weighted by Crippen LogP contribution is 2.39. The number of nitrogens with one attached hydrogen (secondary N) is 1. The molecule has 1 N–H and O–H groups in total. The molecule has 1 fully saturated rings. The summed E-state index contributed by atoms with van der Waals surface area (Å²) in [7, 11) is 1.53. The second-order valence-electron chi connectivity index (χ2n) is 9.42. The maximum Gasteiger partial charge on any atom is 0.417 e. The Kier molecular flexibility index (Phi) is 7.72. The Morgan fingerprint density at radius 3 is 2.62 bits per heavy atom. The van der Waals surface area contributed by atoms with E-state index in [0.29, 0.717) is 34.0 Å². The van der Waals surface area contributed by atoms with E-state index in [4.69, 9.17) is 16.3 Å². The van der Waals surface area contributed by atoms with E-state index in [0.717, 1.165) is 32.0 Å². The first kappa shape index (κ1) is 27.5. The molecule has 0 bridgehead atoms. The Bertz CT molecular complexity index is 1550. The number of benzene rings is 1. The molecular weight excluding hydrogens is 547 g/mol. The van der Waals surface area contributed by atoms with Gasteiger partial charge < -0.3 is 10.1 Å². The molecule has 208 valence electrons. The number of aromatic nitrogens is 5. The average Bonchev–Trinajstić information content (AvgIpc) is 3.63. The Morgan fingerprint density at radius 2 is 1.90 bits per heavy atom. The van der Waals surface area contributed by atoms with Crippen LogP contribution >= 0.6 is 11.6 Å². The average molecular weight is 572 g/mol. The first-order valence-corrected chi connectivity index (χ1v) is 12.8. The van der Waals surface area contributed by atoms with Gasteiger partial charge in [0.25, 0.3) is 5.91 Å². The molecule has 40 heavy (non-hydrogen) atoms. The van der Waals surface area contributed by atoms with Crippen molar-refractivity contribution >= 4 is 23.2 Å². The summed E-state index contributed by atoms with van der Waals surface area (Å²) in [6.07, 6.45) is 3.47. The van der Waals surface area contributed by atoms with Crippen molar-refractivity contribution in [3.63, 3.8) is 0 Å². The Morgan fingerprint density at radius 1 is 1.12 bits per heavy atom. The van der Waals surface area contributed by atoms with Crippen LogP contribution in [0.1, 0.15) is 40.0 Å². The molecule has 1 aliphatic heterocycles. The van der Waals surface area contributed by atoms with Crippen molar-refractivity contribution in [2.75, 3.05) is 25.5 Å². The number of anilines is 1. The summed E-state index contributed by atoms with van der Waals surface area (Å²) in [5, 5.41) is 10.6. The number of carbonyl (C=O) groups is 1. The minimum atomic E-state index is -4.68. The van der Waals surface area contributed by atoms with E-state index in [1.165, 1.54) is 24.1 Å². The number of methoxy groups -OCH3 is 1. The van der Waals surface area contributed by atoms with Crippen LogP contribution in [0.4, 0.5) is 18.9 Å². The summed E-state index contributed by atoms with van der Waals surface area (Å²) in [4.78, 5) is 23.6. The van der Waals surface area contributed by atoms with E-state index >= 15 is 0 Å². The lowest BCUT2D eigenvalue weighted by Crippen LogP contribution is -2.20. The quantitative estimate of drug-likeness (QED) is 0.310. The Balaban J connectivity index is 1.42. The van der Waals surface area contributed by atoms with Crippen LogP contribution < -0.4 is 10.1 Å². The van der Waals surface area contributed by atoms with Gasteiger partial charge in [0, 0.05) is 30.2 Å². The van der Waals surface area contributed by atoms with Gasteiger partial charge in [-0.2, -0.15) is 13.2 Å². The number of nitrogens with zero attached hydrogens (tertiary/aromatic N) is 6. The number of carbonyl (C=O) groups excluding carboxylic acids is 1. The van der Waals surface area contributed by atoms with Crippen molar-refractivity contribution in [3.8, 4) is 22.7 Å². The lowest BCUT2D eigenvalue weighted by molar-refractivity contribution is -0.137. The number of rotatable bonds is 7. The van der Waals surface area contributed by atoms with Gasteiger partial charge in [-0.25, -0.2) is 4.68 Å². The van der Waals surface area contributed by atoms with Crippen LogP contribution in [0.2, 0.25) is 5.02 Å². The highest BCUT2D eigenvalue weighted by Gasteiger charge is 2.35. The van der Waals surface area contributed by atoms with Crippen LogP contribution in [-0.2, 0) is 12.7 Å². The molecule has 0 radical (unpaired) electrons. The molecule has 1 aromatic carbocycles. The molecule has 0 spiro atoms. The standard InChI is InChI=1S/C27H25ClF3N7O2/c1-16-24(38-15-23(35-36-38)17-8-21(40-2)13-32-11-17)9-18(12-33-16)26(39)34-20-7-19(14-37-5-3-4-6-37)25(28)22(10-20)27(29,30)31/h7-13,15H,3-6,14H2,1-2H3,(H,34,39). The summed E-state index contributed by atoms with van der Waals surface area (Å²) in [5.41, 5.74) is 1.67. The fourth-order valence-corrected chi connectivity index (χ4v) is 4.80. The molecule has 4 aromatic rings. The highest BCUT2D eigenvalue weighted by molar-refractivity contribution is 6.32. The van der Waals surface area contributed by atoms with Gasteiger partial charge in [0.2, 0.25) is 0 Å². The van der Waals surface area contributed by atoms with Crippen molar-refractivity contribution in [3.05, 3.63) is 76.5 Å². The van der Waals surface area contributed by atoms with Crippen LogP contribution in [0.3, 0.4) is 0 Å². The van der Waals surface area contributed by atoms with Gasteiger partial charge >= 0.3 is 6.18 Å². The van der Waals surface area contributed by atoms with E-state index < -0.39 is 17.6 Å². The molecule has 4 heterocycles. The molecule has 3 aromatic heterocycles. The summed E-state index contributed by atoms with van der Waals surface area (Å²) in [6.45, 7) is 3.57. The second kappa shape index (κ2) is 11.2. The monoisotopic (exact) mass is 571 g/mol. The topological polar surface area (TPSA) is 98.1 Å². The van der Waals surface area contributed by atoms with Crippen LogP contribution in [0.5, 0.6) is 5.75 Å². The second-order valence-corrected chi connectivity index (χ2v) is 9.80. The predicted octanol–water partition coefficient (Wildman–Crippen LogP) is 5.56. The first-order valence-electron chi connectivity index (χ1n) is 12.4. The van der Waals surface area contributed by atoms with Crippen molar-refractivity contribution in [2.24, 2.45) is 0 Å². The first-order chi connectivity index (χ1) is 19.1. The number of ether oxygens (including phenoxy) is 1. The van der Waals surface area contributed by atoms with E-state index in [2.05, 4.69) is 25.6 Å². The van der Waals surface area contributed by atoms with Crippen molar-refractivity contribution in [2.45, 2.75) is 32.5 Å². The van der Waals surface area contributed by atoms with Gasteiger partial charge in [0.1, 0.15) is 11.4 Å². The van der Waals surface area contributed by atoms with Crippen molar-refractivity contribution < 1.29 is 22.7 Å². The van der Waals surface area contributed by atoms with Crippen LogP contribution in [0.25, 0.3) is 16.9 Å². The minimum absolute atomic E-state index is 0.00776. The fourth-order valence-electron chi connectivity index (χ4n) is 4.52. The zero-order valence-corrected chi connectivity index (χ0v) is 22.4.